The van der Waals surface area contributed by atoms with Gasteiger partial charge in [0, 0.05) is 18.0 Å². The van der Waals surface area contributed by atoms with E-state index in [-0.39, 0.29) is 35.4 Å². The maximum Gasteiger partial charge on any atom is 0.229 e. The topological polar surface area (TPSA) is 70.6 Å². The van der Waals surface area contributed by atoms with Crippen molar-refractivity contribution in [3.05, 3.63) is 52.0 Å². The number of carbonyl (C=O) groups excluding carboxylic acids is 1. The molecule has 3 rings (SSSR count). The van der Waals surface area contributed by atoms with Gasteiger partial charge in [0.15, 0.2) is 15.0 Å². The van der Waals surface area contributed by atoms with Crippen LogP contribution in [0.1, 0.15) is 18.4 Å². The molecule has 0 radical (unpaired) electrons. The smallest absolute Gasteiger partial charge is 0.229 e. The van der Waals surface area contributed by atoms with E-state index < -0.39 is 9.84 Å². The average Bonchev–Trinajstić information content (AvgIpc) is 3.19. The number of rotatable bonds is 9. The van der Waals surface area contributed by atoms with Gasteiger partial charge in [-0.3, -0.25) is 9.69 Å². The molecule has 0 unspecified atom stereocenters. The van der Waals surface area contributed by atoms with Crippen LogP contribution in [0.25, 0.3) is 10.2 Å². The minimum absolute atomic E-state index is 0. The SMILES string of the molecule is Cc1ccc(Cl)c2sc(N(CCCN(C)C)C(=O)CCS(=O)(=O)c3ccc(Cl)cc3)nc12.Cl. The van der Waals surface area contributed by atoms with Gasteiger partial charge in [-0.25, -0.2) is 13.4 Å². The quantitative estimate of drug-likeness (QED) is 0.353. The van der Waals surface area contributed by atoms with Crippen molar-refractivity contribution in [2.45, 2.75) is 24.7 Å². The molecule has 3 aromatic rings. The molecule has 0 bridgehead atoms. The lowest BCUT2D eigenvalue weighted by Gasteiger charge is -2.21. The molecule has 0 aliphatic rings. The highest BCUT2D eigenvalue weighted by molar-refractivity contribution is 7.91. The molecule has 0 spiro atoms. The van der Waals surface area contributed by atoms with E-state index in [2.05, 4.69) is 4.98 Å². The van der Waals surface area contributed by atoms with Crippen molar-refractivity contribution in [2.75, 3.05) is 37.8 Å². The van der Waals surface area contributed by atoms with Crippen molar-refractivity contribution in [3.63, 3.8) is 0 Å². The molecule has 180 valence electrons. The van der Waals surface area contributed by atoms with Gasteiger partial charge >= 0.3 is 0 Å². The Labute approximate surface area is 214 Å². The Kier molecular flexibility index (Phi) is 9.96. The molecule has 11 heteroatoms. The summed E-state index contributed by atoms with van der Waals surface area (Å²) < 4.78 is 26.2. The number of thiazole rings is 1. The van der Waals surface area contributed by atoms with Gasteiger partial charge < -0.3 is 4.90 Å². The molecule has 0 aliphatic heterocycles. The molecular formula is C22H26Cl3N3O3S2. The second-order valence-electron chi connectivity index (χ2n) is 7.76. The van der Waals surface area contributed by atoms with Crippen molar-refractivity contribution < 1.29 is 13.2 Å². The van der Waals surface area contributed by atoms with Crippen LogP contribution in [-0.2, 0) is 14.6 Å². The van der Waals surface area contributed by atoms with Crippen LogP contribution < -0.4 is 4.90 Å². The van der Waals surface area contributed by atoms with Crippen molar-refractivity contribution in [1.82, 2.24) is 9.88 Å². The third-order valence-corrected chi connectivity index (χ3v) is 8.49. The first-order chi connectivity index (χ1) is 15.1. The molecule has 1 heterocycles. The van der Waals surface area contributed by atoms with Crippen LogP contribution in [0.15, 0.2) is 41.3 Å². The number of nitrogens with zero attached hydrogens (tertiary/aromatic N) is 3. The third-order valence-electron chi connectivity index (χ3n) is 4.96. The van der Waals surface area contributed by atoms with Crippen molar-refractivity contribution >= 4 is 78.0 Å². The number of benzene rings is 2. The average molecular weight is 551 g/mol. The molecule has 0 atom stereocenters. The summed E-state index contributed by atoms with van der Waals surface area (Å²) in [6.45, 7) is 3.17. The number of fused-ring (bicyclic) bond motifs is 1. The van der Waals surface area contributed by atoms with Crippen molar-refractivity contribution in [1.29, 1.82) is 0 Å². The van der Waals surface area contributed by atoms with E-state index in [1.807, 2.05) is 38.1 Å². The van der Waals surface area contributed by atoms with E-state index in [1.54, 1.807) is 4.90 Å². The van der Waals surface area contributed by atoms with Gasteiger partial charge in [0.1, 0.15) is 0 Å². The molecule has 0 aliphatic carbocycles. The van der Waals surface area contributed by atoms with E-state index in [1.165, 1.54) is 35.6 Å². The summed E-state index contributed by atoms with van der Waals surface area (Å²) in [7, 11) is 0.316. The van der Waals surface area contributed by atoms with Gasteiger partial charge in [-0.15, -0.1) is 12.4 Å². The zero-order valence-electron chi connectivity index (χ0n) is 18.5. The Morgan fingerprint density at radius 2 is 1.73 bits per heavy atom. The largest absolute Gasteiger partial charge is 0.309 e. The zero-order chi connectivity index (χ0) is 23.5. The molecule has 33 heavy (non-hydrogen) atoms. The van der Waals surface area contributed by atoms with E-state index in [9.17, 15) is 13.2 Å². The third kappa shape index (κ3) is 7.04. The van der Waals surface area contributed by atoms with Crippen LogP contribution in [0.2, 0.25) is 10.0 Å². The van der Waals surface area contributed by atoms with E-state index in [0.717, 1.165) is 28.7 Å². The number of carbonyl (C=O) groups is 1. The first-order valence-corrected chi connectivity index (χ1v) is 13.3. The molecule has 0 N–H and O–H groups in total. The monoisotopic (exact) mass is 549 g/mol. The summed E-state index contributed by atoms with van der Waals surface area (Å²) >= 11 is 13.5. The van der Waals surface area contributed by atoms with Crippen LogP contribution in [-0.4, -0.2) is 57.1 Å². The summed E-state index contributed by atoms with van der Waals surface area (Å²) in [6, 6.07) is 9.67. The van der Waals surface area contributed by atoms with Crippen LogP contribution in [0.3, 0.4) is 0 Å². The van der Waals surface area contributed by atoms with Crippen LogP contribution in [0.4, 0.5) is 5.13 Å². The van der Waals surface area contributed by atoms with E-state index >= 15 is 0 Å². The highest BCUT2D eigenvalue weighted by Gasteiger charge is 2.24. The summed E-state index contributed by atoms with van der Waals surface area (Å²) in [5.74, 6) is -0.573. The normalized spacial score (nSPS) is 11.6. The summed E-state index contributed by atoms with van der Waals surface area (Å²) in [5.41, 5.74) is 1.73. The maximum absolute atomic E-state index is 13.2. The Morgan fingerprint density at radius 3 is 2.33 bits per heavy atom. The highest BCUT2D eigenvalue weighted by Crippen LogP contribution is 2.36. The predicted molar refractivity (Wildman–Crippen MR) is 140 cm³/mol. The fourth-order valence-electron chi connectivity index (χ4n) is 3.19. The minimum atomic E-state index is -3.61. The summed E-state index contributed by atoms with van der Waals surface area (Å²) in [6.07, 6.45) is 0.584. The standard InChI is InChI=1S/C22H25Cl2N3O3S2.ClH/c1-15-5-10-18(24)21-20(15)25-22(31-21)27(13-4-12-26(2)3)19(28)11-14-32(29,30)17-8-6-16(23)7-9-17;/h5-10H,4,11-14H2,1-3H3;1H. The van der Waals surface area contributed by atoms with E-state index in [4.69, 9.17) is 23.2 Å². The summed E-state index contributed by atoms with van der Waals surface area (Å²) in [5, 5.41) is 1.57. The Balaban J connectivity index is 0.00000385. The zero-order valence-corrected chi connectivity index (χ0v) is 22.5. The predicted octanol–water partition coefficient (Wildman–Crippen LogP) is 5.48. The van der Waals surface area contributed by atoms with E-state index in [0.29, 0.717) is 21.7 Å². The van der Waals surface area contributed by atoms with Gasteiger partial charge in [0.25, 0.3) is 0 Å². The van der Waals surface area contributed by atoms with Crippen molar-refractivity contribution in [3.8, 4) is 0 Å². The lowest BCUT2D eigenvalue weighted by Crippen LogP contribution is -2.34. The highest BCUT2D eigenvalue weighted by atomic mass is 35.5. The number of aromatic nitrogens is 1. The Morgan fingerprint density at radius 1 is 1.06 bits per heavy atom. The number of sulfone groups is 1. The van der Waals surface area contributed by atoms with Gasteiger partial charge in [0.05, 0.1) is 25.9 Å². The molecule has 2 aromatic carbocycles. The minimum Gasteiger partial charge on any atom is -0.309 e. The van der Waals surface area contributed by atoms with Crippen LogP contribution in [0.5, 0.6) is 0 Å². The molecular weight excluding hydrogens is 525 g/mol. The fourth-order valence-corrected chi connectivity index (χ4v) is 5.91. The van der Waals surface area contributed by atoms with Crippen LogP contribution >= 0.6 is 46.9 Å². The molecule has 0 fully saturated rings. The molecule has 6 nitrogen and oxygen atoms in total. The number of halogens is 3. The molecule has 1 aromatic heterocycles. The first-order valence-electron chi connectivity index (χ1n) is 10.1. The molecule has 0 saturated heterocycles. The number of aryl methyl sites for hydroxylation is 1. The van der Waals surface area contributed by atoms with Gasteiger partial charge in [-0.2, -0.15) is 0 Å². The van der Waals surface area contributed by atoms with Crippen molar-refractivity contribution in [2.24, 2.45) is 0 Å². The first kappa shape index (κ1) is 27.8. The Hall–Kier alpha value is -1.42. The second-order valence-corrected chi connectivity index (χ2v) is 11.7. The second kappa shape index (κ2) is 11.8. The lowest BCUT2D eigenvalue weighted by atomic mass is 10.2. The maximum atomic E-state index is 13.2. The number of hydrogen-bond donors (Lipinski definition) is 0. The summed E-state index contributed by atoms with van der Waals surface area (Å²) in [4.78, 5) is 21.6. The van der Waals surface area contributed by atoms with Gasteiger partial charge in [0.2, 0.25) is 5.91 Å². The number of amides is 1. The number of anilines is 1. The van der Waals surface area contributed by atoms with Gasteiger partial charge in [-0.05, 0) is 69.9 Å². The fraction of sp³-hybridized carbons (Fsp3) is 0.364. The van der Waals surface area contributed by atoms with Crippen LogP contribution in [0, 0.1) is 6.92 Å². The van der Waals surface area contributed by atoms with Gasteiger partial charge in [-0.1, -0.05) is 40.6 Å². The Bertz CT molecular complexity index is 1170. The lowest BCUT2D eigenvalue weighted by molar-refractivity contribution is -0.118. The number of hydrogen-bond acceptors (Lipinski definition) is 6. The molecule has 0 saturated carbocycles. The molecule has 1 amide bonds.